The second-order valence-corrected chi connectivity index (χ2v) is 20.2. The molecule has 15 nitrogen and oxygen atoms in total. The third-order valence-corrected chi connectivity index (χ3v) is 14.5. The number of benzene rings is 3. The number of rotatable bonds is 14. The molecule has 0 spiro atoms. The van der Waals surface area contributed by atoms with Crippen LogP contribution in [0.4, 0.5) is 11.4 Å². The number of sulfonamides is 1. The number of anilines is 1. The molecule has 2 aromatic heterocycles. The van der Waals surface area contributed by atoms with Crippen molar-refractivity contribution in [1.82, 2.24) is 24.5 Å². The average molecular weight is 910 g/mol. The maximum atomic E-state index is 14.0. The predicted octanol–water partition coefficient (Wildman–Crippen LogP) is 7.92. The fourth-order valence-corrected chi connectivity index (χ4v) is 10.2. The molecule has 3 fully saturated rings. The molecule has 3 aromatic carbocycles. The van der Waals surface area contributed by atoms with E-state index in [1.54, 1.807) is 30.5 Å². The largest absolute Gasteiger partial charge is 0.486 e. The van der Waals surface area contributed by atoms with Crippen LogP contribution >= 0.6 is 11.6 Å². The third-order valence-electron chi connectivity index (χ3n) is 12.9. The highest BCUT2D eigenvalue weighted by atomic mass is 35.5. The molecule has 17 heteroatoms. The van der Waals surface area contributed by atoms with E-state index in [9.17, 15) is 23.3 Å². The van der Waals surface area contributed by atoms with E-state index in [-0.39, 0.29) is 35.0 Å². The number of aromatic nitrogens is 2. The number of halogens is 1. The van der Waals surface area contributed by atoms with E-state index in [0.29, 0.717) is 30.7 Å². The number of ether oxygens (including phenoxy) is 3. The van der Waals surface area contributed by atoms with Crippen LogP contribution in [0, 0.1) is 21.4 Å². The molecule has 5 heterocycles. The monoisotopic (exact) mass is 909 g/mol. The molecule has 2 N–H and O–H groups in total. The lowest BCUT2D eigenvalue weighted by Crippen LogP contribution is -2.48. The van der Waals surface area contributed by atoms with Gasteiger partial charge in [0.1, 0.15) is 17.1 Å². The van der Waals surface area contributed by atoms with Crippen LogP contribution < -0.4 is 19.1 Å². The van der Waals surface area contributed by atoms with Crippen LogP contribution in [0.1, 0.15) is 55.5 Å². The summed E-state index contributed by atoms with van der Waals surface area (Å²) in [6.45, 7) is 12.0. The average Bonchev–Trinajstić information content (AvgIpc) is 3.93. The van der Waals surface area contributed by atoms with E-state index in [4.69, 9.17) is 25.8 Å². The fraction of sp³-hybridized carbons (Fsp3) is 0.404. The van der Waals surface area contributed by atoms with Gasteiger partial charge in [-0.05, 0) is 97.3 Å². The minimum Gasteiger partial charge on any atom is -0.486 e. The predicted molar refractivity (Wildman–Crippen MR) is 245 cm³/mol. The zero-order valence-electron chi connectivity index (χ0n) is 35.9. The van der Waals surface area contributed by atoms with Crippen molar-refractivity contribution in [2.24, 2.45) is 11.3 Å². The van der Waals surface area contributed by atoms with Gasteiger partial charge in [0.15, 0.2) is 5.75 Å². The number of nitro groups is 1. The number of carbonyl (C=O) groups excluding carboxylic acids is 1. The maximum Gasteiger partial charge on any atom is 0.312 e. The van der Waals surface area contributed by atoms with E-state index >= 15 is 0 Å². The number of nitrogens with one attached hydrogen (secondary N) is 2. The number of nitro benzene ring substituents is 1. The Morgan fingerprint density at radius 1 is 1.02 bits per heavy atom. The van der Waals surface area contributed by atoms with Crippen molar-refractivity contribution in [3.8, 4) is 17.2 Å². The molecule has 9 rings (SSSR count). The van der Waals surface area contributed by atoms with Crippen molar-refractivity contribution in [2.45, 2.75) is 50.5 Å². The van der Waals surface area contributed by atoms with Gasteiger partial charge >= 0.3 is 5.69 Å². The molecular formula is C47H52ClN7O8S. The molecule has 0 bridgehead atoms. The normalized spacial score (nSPS) is 19.7. The van der Waals surface area contributed by atoms with Crippen molar-refractivity contribution in [3.05, 3.63) is 117 Å². The van der Waals surface area contributed by atoms with Crippen LogP contribution in [0.5, 0.6) is 17.2 Å². The van der Waals surface area contributed by atoms with Gasteiger partial charge in [0.05, 0.1) is 47.4 Å². The number of hydrogen-bond donors (Lipinski definition) is 2. The van der Waals surface area contributed by atoms with Crippen molar-refractivity contribution in [2.75, 3.05) is 70.5 Å². The Kier molecular flexibility index (Phi) is 12.4. The number of pyridine rings is 1. The lowest BCUT2D eigenvalue weighted by atomic mass is 9.72. The minimum absolute atomic E-state index is 0.0429. The van der Waals surface area contributed by atoms with Gasteiger partial charge in [-0.15, -0.1) is 0 Å². The SMILES string of the molecule is CC1(C)CCC(CN2CCN(c3ccc(C(=O)NS(=O)(=O)c4ccc(OC[C@H]5CCN(C6COC6)C5)c([N+](=O)[O-])c4)c(Oc4cnc5[nH]ccc5c4)c3)CC2)=C(c2ccc(Cl)cc2)C1. The van der Waals surface area contributed by atoms with Gasteiger partial charge in [-0.3, -0.25) is 24.7 Å². The van der Waals surface area contributed by atoms with Gasteiger partial charge in [-0.2, -0.15) is 0 Å². The van der Waals surface area contributed by atoms with Gasteiger partial charge in [0.2, 0.25) is 0 Å². The fourth-order valence-electron chi connectivity index (χ4n) is 9.12. The van der Waals surface area contributed by atoms with Crippen molar-refractivity contribution < 1.29 is 32.3 Å². The Morgan fingerprint density at radius 3 is 2.56 bits per heavy atom. The first-order valence-corrected chi connectivity index (χ1v) is 23.6. The Labute approximate surface area is 377 Å². The Balaban J connectivity index is 0.910. The molecule has 0 unspecified atom stereocenters. The van der Waals surface area contributed by atoms with Crippen LogP contribution in [0.2, 0.25) is 5.02 Å². The zero-order valence-corrected chi connectivity index (χ0v) is 37.5. The molecule has 3 aliphatic heterocycles. The van der Waals surface area contributed by atoms with Gasteiger partial charge in [0.25, 0.3) is 15.9 Å². The lowest BCUT2D eigenvalue weighted by molar-refractivity contribution is -0.386. The maximum absolute atomic E-state index is 14.0. The number of likely N-dealkylation sites (tertiary alicyclic amines) is 1. The highest BCUT2D eigenvalue weighted by Gasteiger charge is 2.34. The van der Waals surface area contributed by atoms with E-state index in [0.717, 1.165) is 93.7 Å². The van der Waals surface area contributed by atoms with Crippen molar-refractivity contribution >= 4 is 55.5 Å². The number of carbonyl (C=O) groups is 1. The number of aromatic amines is 1. The van der Waals surface area contributed by atoms with Gasteiger partial charge in [-0.25, -0.2) is 18.1 Å². The van der Waals surface area contributed by atoms with E-state index in [2.05, 4.69) is 55.4 Å². The van der Waals surface area contributed by atoms with E-state index < -0.39 is 31.4 Å². The molecule has 4 aliphatic rings. The summed E-state index contributed by atoms with van der Waals surface area (Å²) in [5.74, 6) is -0.369. The summed E-state index contributed by atoms with van der Waals surface area (Å²) in [6, 6.07) is 20.6. The molecule has 0 saturated carbocycles. The molecule has 5 aromatic rings. The quantitative estimate of drug-likeness (QED) is 0.0816. The summed E-state index contributed by atoms with van der Waals surface area (Å²) in [4.78, 5) is 39.5. The number of piperazine rings is 1. The zero-order chi connectivity index (χ0) is 44.6. The highest BCUT2D eigenvalue weighted by Crippen LogP contribution is 2.43. The Morgan fingerprint density at radius 2 is 1.81 bits per heavy atom. The van der Waals surface area contributed by atoms with E-state index in [1.165, 1.54) is 35.0 Å². The topological polar surface area (TPSA) is 172 Å². The summed E-state index contributed by atoms with van der Waals surface area (Å²) in [5.41, 5.74) is 5.23. The molecule has 1 atom stereocenters. The first kappa shape index (κ1) is 43.7. The first-order chi connectivity index (χ1) is 30.8. The summed E-state index contributed by atoms with van der Waals surface area (Å²) in [7, 11) is -4.59. The van der Waals surface area contributed by atoms with Gasteiger partial charge in [-0.1, -0.05) is 43.2 Å². The smallest absolute Gasteiger partial charge is 0.312 e. The molecule has 1 amide bonds. The Hall–Kier alpha value is -5.52. The molecule has 3 saturated heterocycles. The lowest BCUT2D eigenvalue weighted by Gasteiger charge is -2.39. The van der Waals surface area contributed by atoms with E-state index in [1.807, 2.05) is 18.2 Å². The summed E-state index contributed by atoms with van der Waals surface area (Å²) in [6.07, 6.45) is 7.35. The second-order valence-electron chi connectivity index (χ2n) is 18.0. The Bertz CT molecular complexity index is 2690. The van der Waals surface area contributed by atoms with Crippen LogP contribution in [0.25, 0.3) is 16.6 Å². The molecule has 0 radical (unpaired) electrons. The number of allylic oxidation sites excluding steroid dienone is 1. The summed E-state index contributed by atoms with van der Waals surface area (Å²) < 4.78 is 47.1. The number of amides is 1. The summed E-state index contributed by atoms with van der Waals surface area (Å²) >= 11 is 6.25. The number of hydrogen-bond acceptors (Lipinski definition) is 12. The summed E-state index contributed by atoms with van der Waals surface area (Å²) in [5, 5.41) is 13.7. The van der Waals surface area contributed by atoms with Crippen LogP contribution in [0.3, 0.4) is 0 Å². The van der Waals surface area contributed by atoms with Gasteiger partial charge < -0.3 is 24.1 Å². The number of H-pyrrole nitrogens is 1. The third kappa shape index (κ3) is 9.76. The minimum atomic E-state index is -4.59. The molecular weight excluding hydrogens is 858 g/mol. The van der Waals surface area contributed by atoms with Crippen LogP contribution in [-0.2, 0) is 14.8 Å². The molecule has 64 heavy (non-hydrogen) atoms. The second kappa shape index (κ2) is 18.2. The van der Waals surface area contributed by atoms with Crippen LogP contribution in [0.15, 0.2) is 95.7 Å². The highest BCUT2D eigenvalue weighted by molar-refractivity contribution is 7.90. The molecule has 1 aliphatic carbocycles. The van der Waals surface area contributed by atoms with Crippen LogP contribution in [-0.4, -0.2) is 111 Å². The standard InChI is InChI=1S/C47H52ClN7O8S/c1-47(2)14-11-34(41(24-47)32-3-5-35(48)6-4-32)27-52-17-19-53(20-18-52)36-7-9-40(44(22-36)63-38-21-33-12-15-49-45(33)50-25-38)46(56)51-64(59,60)39-8-10-43(42(23-39)55(57)58)62-28-31-13-16-54(26-31)37-29-61-30-37/h3-10,12,15,21-23,25,31,37H,11,13-14,16-20,24,26-30H2,1-2H3,(H,49,50)(H,51,56)/t31-/m0/s1. The van der Waals surface area contributed by atoms with Gasteiger partial charge in [0, 0.05) is 79.6 Å². The number of fused-ring (bicyclic) bond motifs is 1. The van der Waals surface area contributed by atoms with Crippen molar-refractivity contribution in [3.63, 3.8) is 0 Å². The van der Waals surface area contributed by atoms with Crippen molar-refractivity contribution in [1.29, 1.82) is 0 Å². The first-order valence-electron chi connectivity index (χ1n) is 21.8. The molecule has 336 valence electrons. The number of nitrogens with zero attached hydrogens (tertiary/aromatic N) is 5.